The molecule has 0 N–H and O–H groups in total. The molecule has 4 rings (SSSR count). The van der Waals surface area contributed by atoms with E-state index in [0.717, 1.165) is 16.1 Å². The van der Waals surface area contributed by atoms with Crippen LogP contribution in [0.3, 0.4) is 0 Å². The molecule has 0 bridgehead atoms. The molecule has 1 aromatic heterocycles. The van der Waals surface area contributed by atoms with Crippen LogP contribution < -0.4 is 4.90 Å². The maximum atomic E-state index is 12.2. The number of thioether (sulfide) groups is 1. The second kappa shape index (κ2) is 7.63. The second-order valence-corrected chi connectivity index (χ2v) is 6.78. The van der Waals surface area contributed by atoms with Crippen molar-refractivity contribution in [2.75, 3.05) is 17.2 Å². The number of carbonyl (C=O) groups is 2. The summed E-state index contributed by atoms with van der Waals surface area (Å²) in [4.78, 5) is 26.8. The summed E-state index contributed by atoms with van der Waals surface area (Å²) in [7, 11) is 0. The van der Waals surface area contributed by atoms with Crippen LogP contribution in [0.25, 0.3) is 11.5 Å². The number of anilines is 1. The van der Waals surface area contributed by atoms with Crippen molar-refractivity contribution >= 4 is 29.3 Å². The fourth-order valence-electron chi connectivity index (χ4n) is 2.65. The number of carbonyl (C=O) groups excluding carboxylic acids is 2. The van der Waals surface area contributed by atoms with Crippen LogP contribution in [0, 0.1) is 0 Å². The van der Waals surface area contributed by atoms with Gasteiger partial charge in [-0.15, -0.1) is 22.0 Å². The zero-order chi connectivity index (χ0) is 18.6. The van der Waals surface area contributed by atoms with E-state index in [1.807, 2.05) is 54.6 Å². The van der Waals surface area contributed by atoms with Crippen LogP contribution in [-0.2, 0) is 20.9 Å². The summed E-state index contributed by atoms with van der Waals surface area (Å²) in [6.07, 6.45) is 0. The highest BCUT2D eigenvalue weighted by molar-refractivity contribution is 8.00. The van der Waals surface area contributed by atoms with Gasteiger partial charge in [-0.25, -0.2) is 0 Å². The summed E-state index contributed by atoms with van der Waals surface area (Å²) in [5.41, 5.74) is 1.51. The normalized spacial score (nSPS) is 13.3. The number of rotatable bonds is 5. The van der Waals surface area contributed by atoms with Gasteiger partial charge in [0.1, 0.15) is 6.54 Å². The van der Waals surface area contributed by atoms with E-state index in [0.29, 0.717) is 11.6 Å². The van der Waals surface area contributed by atoms with Gasteiger partial charge in [-0.2, -0.15) is 0 Å². The largest absolute Gasteiger partial charge is 0.454 e. The van der Waals surface area contributed by atoms with Gasteiger partial charge in [0.2, 0.25) is 11.8 Å². The number of ether oxygens (including phenoxy) is 1. The van der Waals surface area contributed by atoms with Crippen molar-refractivity contribution in [2.24, 2.45) is 0 Å². The number of aromatic nitrogens is 2. The van der Waals surface area contributed by atoms with Crippen molar-refractivity contribution in [3.8, 4) is 11.5 Å². The molecule has 0 saturated heterocycles. The van der Waals surface area contributed by atoms with E-state index >= 15 is 0 Å². The highest BCUT2D eigenvalue weighted by atomic mass is 32.2. The summed E-state index contributed by atoms with van der Waals surface area (Å²) >= 11 is 1.46. The Balaban J connectivity index is 1.38. The Morgan fingerprint density at radius 2 is 1.89 bits per heavy atom. The lowest BCUT2D eigenvalue weighted by Gasteiger charge is -2.27. The summed E-state index contributed by atoms with van der Waals surface area (Å²) < 4.78 is 10.7. The van der Waals surface area contributed by atoms with Gasteiger partial charge in [0.05, 0.1) is 11.4 Å². The van der Waals surface area contributed by atoms with Crippen LogP contribution in [-0.4, -0.2) is 34.4 Å². The molecule has 2 heterocycles. The van der Waals surface area contributed by atoms with Crippen LogP contribution in [0.4, 0.5) is 5.69 Å². The van der Waals surface area contributed by atoms with E-state index in [4.69, 9.17) is 9.15 Å². The average Bonchev–Trinajstić information content (AvgIpc) is 3.18. The molecule has 0 atom stereocenters. The zero-order valence-corrected chi connectivity index (χ0v) is 15.0. The van der Waals surface area contributed by atoms with Crippen LogP contribution in [0.15, 0.2) is 63.9 Å². The first-order valence-electron chi connectivity index (χ1n) is 8.26. The number of nitrogens with zero attached hydrogens (tertiary/aromatic N) is 3. The van der Waals surface area contributed by atoms with Crippen LogP contribution >= 0.6 is 11.8 Å². The Hall–Kier alpha value is -3.13. The number of fused-ring (bicyclic) bond motifs is 1. The number of esters is 1. The molecular formula is C19H15N3O4S. The molecule has 0 saturated carbocycles. The van der Waals surface area contributed by atoms with Gasteiger partial charge in [0, 0.05) is 10.5 Å². The van der Waals surface area contributed by atoms with Gasteiger partial charge in [-0.1, -0.05) is 30.3 Å². The second-order valence-electron chi connectivity index (χ2n) is 5.76. The standard InChI is InChI=1S/C19H15N3O4S/c23-17-12-27-15-9-5-4-8-14(15)22(17)10-18(24)25-11-16-20-21-19(26-16)13-6-2-1-3-7-13/h1-9H,10-12H2. The third-order valence-electron chi connectivity index (χ3n) is 3.94. The molecule has 1 aliphatic rings. The molecule has 0 spiro atoms. The van der Waals surface area contributed by atoms with E-state index in [1.54, 1.807) is 0 Å². The van der Waals surface area contributed by atoms with E-state index in [1.165, 1.54) is 16.7 Å². The van der Waals surface area contributed by atoms with Crippen molar-refractivity contribution in [3.05, 3.63) is 60.5 Å². The topological polar surface area (TPSA) is 85.5 Å². The van der Waals surface area contributed by atoms with Crippen LogP contribution in [0.1, 0.15) is 5.89 Å². The predicted molar refractivity (Wildman–Crippen MR) is 99.0 cm³/mol. The van der Waals surface area contributed by atoms with Gasteiger partial charge in [-0.05, 0) is 24.3 Å². The smallest absolute Gasteiger partial charge is 0.326 e. The summed E-state index contributed by atoms with van der Waals surface area (Å²) in [5, 5.41) is 7.83. The molecule has 0 fully saturated rings. The van der Waals surface area contributed by atoms with Gasteiger partial charge >= 0.3 is 5.97 Å². The number of hydrogen-bond acceptors (Lipinski definition) is 7. The SMILES string of the molecule is O=C(CN1C(=O)CSc2ccccc21)OCc1nnc(-c2ccccc2)o1. The van der Waals surface area contributed by atoms with E-state index < -0.39 is 5.97 Å². The summed E-state index contributed by atoms with van der Waals surface area (Å²) in [6.45, 7) is -0.298. The number of amides is 1. The third-order valence-corrected chi connectivity index (χ3v) is 4.99. The summed E-state index contributed by atoms with van der Waals surface area (Å²) in [5.74, 6) is 0.195. The number of benzene rings is 2. The monoisotopic (exact) mass is 381 g/mol. The lowest BCUT2D eigenvalue weighted by atomic mass is 10.2. The average molecular weight is 381 g/mol. The number of para-hydroxylation sites is 1. The van der Waals surface area contributed by atoms with Crippen molar-refractivity contribution in [2.45, 2.75) is 11.5 Å². The maximum Gasteiger partial charge on any atom is 0.326 e. The lowest BCUT2D eigenvalue weighted by molar-refractivity contribution is -0.144. The molecule has 3 aromatic rings. The fraction of sp³-hybridized carbons (Fsp3) is 0.158. The van der Waals surface area contributed by atoms with Gasteiger partial charge < -0.3 is 9.15 Å². The minimum atomic E-state index is -0.537. The quantitative estimate of drug-likeness (QED) is 0.628. The minimum Gasteiger partial charge on any atom is -0.454 e. The van der Waals surface area contributed by atoms with E-state index in [-0.39, 0.29) is 24.9 Å². The summed E-state index contributed by atoms with van der Waals surface area (Å²) in [6, 6.07) is 16.8. The maximum absolute atomic E-state index is 12.2. The molecule has 8 heteroatoms. The Labute approximate surface area is 159 Å². The highest BCUT2D eigenvalue weighted by Crippen LogP contribution is 2.34. The Morgan fingerprint density at radius 3 is 2.74 bits per heavy atom. The van der Waals surface area contributed by atoms with Crippen molar-refractivity contribution in [3.63, 3.8) is 0 Å². The predicted octanol–water partition coefficient (Wildman–Crippen LogP) is 2.92. The van der Waals surface area contributed by atoms with Gasteiger partial charge in [-0.3, -0.25) is 14.5 Å². The Kier molecular flexibility index (Phi) is 4.88. The fourth-order valence-corrected chi connectivity index (χ4v) is 3.59. The molecule has 27 heavy (non-hydrogen) atoms. The molecule has 0 aliphatic carbocycles. The van der Waals surface area contributed by atoms with E-state index in [9.17, 15) is 9.59 Å². The Morgan fingerprint density at radius 1 is 1.11 bits per heavy atom. The van der Waals surface area contributed by atoms with Gasteiger partial charge in [0.15, 0.2) is 6.61 Å². The first-order valence-corrected chi connectivity index (χ1v) is 9.25. The molecular weight excluding hydrogens is 366 g/mol. The zero-order valence-electron chi connectivity index (χ0n) is 14.2. The van der Waals surface area contributed by atoms with Crippen molar-refractivity contribution < 1.29 is 18.7 Å². The molecule has 1 amide bonds. The first kappa shape index (κ1) is 17.3. The molecule has 136 valence electrons. The molecule has 7 nitrogen and oxygen atoms in total. The van der Waals surface area contributed by atoms with Crippen molar-refractivity contribution in [1.82, 2.24) is 10.2 Å². The van der Waals surface area contributed by atoms with Crippen LogP contribution in [0.5, 0.6) is 0 Å². The molecule has 1 aliphatic heterocycles. The van der Waals surface area contributed by atoms with Crippen molar-refractivity contribution in [1.29, 1.82) is 0 Å². The minimum absolute atomic E-state index is 0.125. The molecule has 2 aromatic carbocycles. The van der Waals surface area contributed by atoms with Gasteiger partial charge in [0.25, 0.3) is 5.89 Å². The number of hydrogen-bond donors (Lipinski definition) is 0. The van der Waals surface area contributed by atoms with E-state index in [2.05, 4.69) is 10.2 Å². The lowest BCUT2D eigenvalue weighted by Crippen LogP contribution is -2.39. The molecule has 0 unspecified atom stereocenters. The first-order chi connectivity index (χ1) is 13.2. The highest BCUT2D eigenvalue weighted by Gasteiger charge is 2.26. The third kappa shape index (κ3) is 3.85. The Bertz CT molecular complexity index is 974. The van der Waals surface area contributed by atoms with Crippen LogP contribution in [0.2, 0.25) is 0 Å². The molecule has 0 radical (unpaired) electrons.